The second-order valence-electron chi connectivity index (χ2n) is 38.2. The van der Waals surface area contributed by atoms with E-state index in [9.17, 15) is 72.7 Å². The highest BCUT2D eigenvalue weighted by Crippen LogP contribution is 2.64. The molecule has 2 saturated heterocycles. The van der Waals surface area contributed by atoms with Gasteiger partial charge in [0.25, 0.3) is 5.91 Å². The maximum atomic E-state index is 14.7. The van der Waals surface area contributed by atoms with E-state index in [1.165, 1.54) is 54.2 Å². The SMILES string of the molecule is C/C1=C2/N[C@H]([C@H](CC(N)=O)[C@@]2(C)CCC(=O)NC[C@@H](C)OP(=O)(O)O[C@H]2[C@@H](O)[C@@H](n3cnc4cc(C)c(C)cc43)O[C@@H]2COC(=O)NCCOCCOCCOCCn2cc(CNC(=O)c3ccc4c(c3)C3(OC4=O)c4ccc(O)cc4Oc4cc(O)ccc43)nn2)[C@]2(C)N=C(/C(C)=C3N=C(/C=C4N=C1[C@@H](CCC(N)=O)C\4(C)C)[C@@H](CCC(N)=O)[C@]\3(C)CC(N)=O)[C@@H](CCC(N)=O)[C@]2(C)CC(N)=O. The van der Waals surface area contributed by atoms with E-state index in [2.05, 4.69) is 36.6 Å². The highest BCUT2D eigenvalue weighted by atomic mass is 31.2. The lowest BCUT2D eigenvalue weighted by atomic mass is 9.56. The highest BCUT2D eigenvalue weighted by molar-refractivity contribution is 7.47. The molecule has 15 atom stereocenters. The molecule has 10 heterocycles. The minimum absolute atomic E-state index is 0.0117. The lowest BCUT2D eigenvalue weighted by Gasteiger charge is -2.48. The van der Waals surface area contributed by atoms with Gasteiger partial charge in [-0.3, -0.25) is 62.4 Å². The largest absolute Gasteiger partial charge is 0.508 e. The summed E-state index contributed by atoms with van der Waals surface area (Å²) in [6.45, 7) is 20.4. The number of aliphatic hydroxyl groups excluding tert-OH is 1. The molecule has 8 bridgehead atoms. The van der Waals surface area contributed by atoms with Gasteiger partial charge in [-0.05, 0) is 150 Å². The molecule has 740 valence electrons. The zero-order valence-corrected chi connectivity index (χ0v) is 79.8. The Balaban J connectivity index is 0.591. The molecule has 0 radical (unpaired) electrons. The Labute approximate surface area is 795 Å². The summed E-state index contributed by atoms with van der Waals surface area (Å²) >= 11 is 0. The third-order valence-electron chi connectivity index (χ3n) is 28.6. The van der Waals surface area contributed by atoms with Gasteiger partial charge in [0.05, 0.1) is 105 Å². The first-order valence-electron chi connectivity index (χ1n) is 45.9. The summed E-state index contributed by atoms with van der Waals surface area (Å²) < 4.78 is 70.1. The molecule has 1 spiro atoms. The smallest absolute Gasteiger partial charge is 0.472 e. The number of hydrogen-bond acceptors (Lipinski definition) is 30. The van der Waals surface area contributed by atoms with E-state index in [0.717, 1.165) is 11.1 Å². The number of ether oxygens (including phenoxy) is 7. The van der Waals surface area contributed by atoms with Crippen LogP contribution >= 0.6 is 7.82 Å². The number of aromatic nitrogens is 5. The lowest BCUT2D eigenvalue weighted by molar-refractivity contribution is -0.124. The summed E-state index contributed by atoms with van der Waals surface area (Å²) in [6, 6.07) is 16.1. The van der Waals surface area contributed by atoms with Crippen molar-refractivity contribution in [3.05, 3.63) is 158 Å². The van der Waals surface area contributed by atoms with Crippen molar-refractivity contribution in [1.29, 1.82) is 0 Å². The Bertz CT molecular complexity index is 6050. The van der Waals surface area contributed by atoms with Crippen molar-refractivity contribution in [3.8, 4) is 23.0 Å². The number of phenols is 2. The summed E-state index contributed by atoms with van der Waals surface area (Å²) in [5.74, 6) is -8.48. The number of nitrogens with zero attached hydrogens (tertiary/aromatic N) is 8. The zero-order valence-electron chi connectivity index (χ0n) is 78.9. The number of carbonyl (C=O) groups is 10. The fraction of sp³-hybridized carbons (Fsp3) is 0.516. The number of fused-ring (bicyclic) bond motifs is 13. The Hall–Kier alpha value is -12.7. The van der Waals surface area contributed by atoms with Gasteiger partial charge in [0, 0.05) is 166 Å². The number of alkyl carbamates (subject to hydrolysis) is 1. The number of imidazole rings is 1. The van der Waals surface area contributed by atoms with Crippen LogP contribution in [0.5, 0.6) is 23.0 Å². The standard InChI is InChI=1S/C95H121N18O24P/c1-48-34-66-67(35-49(48)2)113(47-105-66)87-81(123)82(70(134-87)46-132-89(126)102-26-28-129-30-32-131-33-31-130-29-27-112-45-54(110-111-112)44-104-86(124)53-12-15-57-63(36-53)95(135-88(57)125)59-16-13-55(114)37-68(59)133-69-38-56(115)14-17-60(69)95)137-138(127,128)136-50(3)43-103-78(122)24-25-91(8)64(39-75(99)119)85-94(11)93(10,42-77(101)121)62(20-23-74(98)118)80(109-94)52(5)84-92(9,41-76(100)120)58(18-21-72(96)116)65(106-84)40-71-90(6,7)61(19-22-73(97)117)79(107-71)51(4)83(91)108-85/h12-17,34-38,40,45,47,50,58,61-62,64,70,81-82,85,87,108,114-115,123H,18-33,39,41-44,46H2,1-11H3,(H2,96,116)(H2,97,117)(H2,98,118)(H2,99,119)(H2,100,120)(H2,101,121)(H,102,126)(H,103,122)(H,104,124)(H,127,128)/b71-40-,83-51-,84-52-/t50-,58-,61-,62-,64+,70-,81-,82-,85-,87+,91-,92+,93+,94+/m1/s1. The number of primary amides is 6. The first-order chi connectivity index (χ1) is 65.2. The molecule has 20 N–H and O–H groups in total. The number of rotatable bonds is 42. The van der Waals surface area contributed by atoms with E-state index in [1.807, 2.05) is 80.5 Å². The van der Waals surface area contributed by atoms with Crippen LogP contribution in [0.3, 0.4) is 0 Å². The van der Waals surface area contributed by atoms with Crippen LogP contribution in [0, 0.1) is 59.2 Å². The van der Waals surface area contributed by atoms with Gasteiger partial charge < -0.3 is 114 Å². The third kappa shape index (κ3) is 20.5. The molecule has 6 aromatic rings. The van der Waals surface area contributed by atoms with Crippen molar-refractivity contribution in [1.82, 2.24) is 45.8 Å². The van der Waals surface area contributed by atoms with Crippen LogP contribution in [0.2, 0.25) is 0 Å². The average Bonchev–Trinajstić information content (AvgIpc) is 1.53. The van der Waals surface area contributed by atoms with Gasteiger partial charge in [-0.15, -0.1) is 5.10 Å². The van der Waals surface area contributed by atoms with Gasteiger partial charge in [0.15, 0.2) is 11.8 Å². The van der Waals surface area contributed by atoms with E-state index in [-0.39, 0.29) is 157 Å². The van der Waals surface area contributed by atoms with Gasteiger partial charge in [0.1, 0.15) is 53.6 Å². The number of aryl methyl sites for hydroxylation is 2. The van der Waals surface area contributed by atoms with Crippen LogP contribution in [0.15, 0.2) is 129 Å². The number of hydrogen-bond donors (Lipinski definition) is 14. The molecule has 9 amide bonds. The van der Waals surface area contributed by atoms with Crippen LogP contribution < -0.4 is 60.4 Å². The van der Waals surface area contributed by atoms with Gasteiger partial charge in [-0.1, -0.05) is 39.8 Å². The van der Waals surface area contributed by atoms with Crippen molar-refractivity contribution in [2.24, 2.45) is 94.7 Å². The molecule has 14 rings (SSSR count). The number of allylic oxidation sites excluding steroid dienone is 6. The van der Waals surface area contributed by atoms with Gasteiger partial charge in [0.2, 0.25) is 41.4 Å². The fourth-order valence-corrected chi connectivity index (χ4v) is 22.4. The van der Waals surface area contributed by atoms with E-state index in [0.29, 0.717) is 85.3 Å². The number of aliphatic hydroxyl groups is 1. The van der Waals surface area contributed by atoms with Crippen molar-refractivity contribution in [3.63, 3.8) is 0 Å². The van der Waals surface area contributed by atoms with E-state index in [1.54, 1.807) is 36.0 Å². The molecule has 2 aromatic heterocycles. The molecule has 8 aliphatic heterocycles. The van der Waals surface area contributed by atoms with Crippen molar-refractivity contribution < 1.29 is 115 Å². The molecule has 0 saturated carbocycles. The number of aliphatic imine (C=N–C) groups is 3. The Morgan fingerprint density at radius 2 is 1.31 bits per heavy atom. The average molecular weight is 1930 g/mol. The number of phosphoric acid groups is 1. The van der Waals surface area contributed by atoms with Gasteiger partial charge >= 0.3 is 19.9 Å². The summed E-state index contributed by atoms with van der Waals surface area (Å²) in [5, 5.41) is 53.1. The van der Waals surface area contributed by atoms with Gasteiger partial charge in [-0.25, -0.2) is 23.8 Å². The van der Waals surface area contributed by atoms with Crippen LogP contribution in [0.25, 0.3) is 11.0 Å². The zero-order chi connectivity index (χ0) is 99.8. The molecule has 4 aromatic carbocycles. The molecule has 138 heavy (non-hydrogen) atoms. The first kappa shape index (κ1) is 101. The monoisotopic (exact) mass is 1930 g/mol. The second-order valence-corrected chi connectivity index (χ2v) is 39.6. The molecule has 42 nitrogen and oxygen atoms in total. The van der Waals surface area contributed by atoms with Crippen LogP contribution in [-0.2, 0) is 94.3 Å². The molecular formula is C95H121N18O24P. The van der Waals surface area contributed by atoms with E-state index < -0.39 is 173 Å². The summed E-state index contributed by atoms with van der Waals surface area (Å²) in [4.78, 5) is 168. The number of carbonyl (C=O) groups excluding carboxylic acids is 10. The minimum Gasteiger partial charge on any atom is -0.508 e. The Kier molecular flexibility index (Phi) is 29.6. The van der Waals surface area contributed by atoms with E-state index in [4.69, 9.17) is 91.6 Å². The fourth-order valence-electron chi connectivity index (χ4n) is 21.2. The maximum Gasteiger partial charge on any atom is 0.472 e. The topological polar surface area (TPSA) is 642 Å². The lowest BCUT2D eigenvalue weighted by Crippen LogP contribution is -2.59. The predicted molar refractivity (Wildman–Crippen MR) is 498 cm³/mol. The molecule has 0 aliphatic carbocycles. The van der Waals surface area contributed by atoms with Crippen LogP contribution in [-0.4, -0.2) is 217 Å². The number of esters is 1. The summed E-state index contributed by atoms with van der Waals surface area (Å²) in [7, 11) is -5.29. The molecule has 8 aliphatic rings. The van der Waals surface area contributed by atoms with Gasteiger partial charge in [-0.2, -0.15) is 0 Å². The van der Waals surface area contributed by atoms with Crippen molar-refractivity contribution in [2.45, 2.75) is 208 Å². The van der Waals surface area contributed by atoms with Crippen molar-refractivity contribution >= 4 is 95.3 Å². The van der Waals surface area contributed by atoms with Crippen LogP contribution in [0.4, 0.5) is 4.79 Å². The van der Waals surface area contributed by atoms with Crippen molar-refractivity contribution in [2.75, 3.05) is 59.3 Å². The number of phenolic OH excluding ortho intramolecular Hbond substituents is 2. The maximum absolute atomic E-state index is 14.7. The summed E-state index contributed by atoms with van der Waals surface area (Å²) in [6.07, 6.45) is -4.79. The molecule has 1 unspecified atom stereocenters. The number of aromatic hydroxyl groups is 2. The molecular weight excluding hydrogens is 1810 g/mol. The number of phosphoric ester groups is 1. The summed E-state index contributed by atoms with van der Waals surface area (Å²) in [5.41, 5.74) is 37.4. The molecule has 2 fully saturated rings. The van der Waals surface area contributed by atoms with Crippen LogP contribution in [0.1, 0.15) is 193 Å². The second kappa shape index (κ2) is 40.4. The Morgan fingerprint density at radius 3 is 1.96 bits per heavy atom. The first-order valence-corrected chi connectivity index (χ1v) is 47.4. The third-order valence-corrected chi connectivity index (χ3v) is 29.7. The number of nitrogens with two attached hydrogens (primary N) is 6. The number of nitrogens with one attached hydrogen (secondary N) is 4. The predicted octanol–water partition coefficient (Wildman–Crippen LogP) is 6.15. The molecule has 43 heteroatoms. The Morgan fingerprint density at radius 1 is 0.681 bits per heavy atom. The number of amides is 9. The van der Waals surface area contributed by atoms with E-state index >= 15 is 0 Å². The highest BCUT2D eigenvalue weighted by Gasteiger charge is 2.67. The quantitative estimate of drug-likeness (QED) is 0.0116. The normalized spacial score (nSPS) is 27.2. The number of benzene rings is 4. The minimum atomic E-state index is -5.29.